The van der Waals surface area contributed by atoms with Crippen molar-refractivity contribution < 1.29 is 9.18 Å². The predicted molar refractivity (Wildman–Crippen MR) is 48.2 cm³/mol. The van der Waals surface area contributed by atoms with Gasteiger partial charge in [0.25, 0.3) is 0 Å². The Kier molecular flexibility index (Phi) is 2.05. The summed E-state index contributed by atoms with van der Waals surface area (Å²) in [6.07, 6.45) is 0.912. The lowest BCUT2D eigenvalue weighted by Crippen LogP contribution is -2.22. The molecule has 1 aliphatic carbocycles. The van der Waals surface area contributed by atoms with Gasteiger partial charge in [-0.2, -0.15) is 5.26 Å². The maximum atomic E-state index is 13.2. The molecule has 0 saturated heterocycles. The molecule has 0 radical (unpaired) electrons. The van der Waals surface area contributed by atoms with Crippen LogP contribution >= 0.6 is 0 Å². The van der Waals surface area contributed by atoms with E-state index < -0.39 is 5.92 Å². The SMILES string of the molecule is N#CC1CCc2c(F)cccc2C1=O. The lowest BCUT2D eigenvalue weighted by Gasteiger charge is -2.18. The van der Waals surface area contributed by atoms with E-state index in [1.54, 1.807) is 6.07 Å². The molecule has 1 aromatic rings. The number of nitriles is 1. The minimum absolute atomic E-state index is 0.242. The Morgan fingerprint density at radius 2 is 2.29 bits per heavy atom. The van der Waals surface area contributed by atoms with Gasteiger partial charge in [-0.25, -0.2) is 4.39 Å². The van der Waals surface area contributed by atoms with Crippen molar-refractivity contribution in [1.29, 1.82) is 5.26 Å². The van der Waals surface area contributed by atoms with Crippen LogP contribution in [-0.2, 0) is 6.42 Å². The summed E-state index contributed by atoms with van der Waals surface area (Å²) in [4.78, 5) is 11.6. The fourth-order valence-electron chi connectivity index (χ4n) is 1.77. The van der Waals surface area contributed by atoms with Crippen LogP contribution in [0.1, 0.15) is 22.3 Å². The molecule has 0 N–H and O–H groups in total. The van der Waals surface area contributed by atoms with Gasteiger partial charge >= 0.3 is 0 Å². The number of Topliss-reactive ketones (excluding diaryl/α,β-unsaturated/α-hetero) is 1. The summed E-state index contributed by atoms with van der Waals surface area (Å²) in [6.45, 7) is 0. The van der Waals surface area contributed by atoms with E-state index in [9.17, 15) is 9.18 Å². The molecule has 70 valence electrons. The average Bonchev–Trinajstić information content (AvgIpc) is 2.20. The third-order valence-electron chi connectivity index (χ3n) is 2.54. The minimum Gasteiger partial charge on any atom is -0.293 e. The van der Waals surface area contributed by atoms with Gasteiger partial charge < -0.3 is 0 Å². The van der Waals surface area contributed by atoms with E-state index in [1.165, 1.54) is 12.1 Å². The second kappa shape index (κ2) is 3.22. The summed E-state index contributed by atoms with van der Waals surface area (Å²) < 4.78 is 13.2. The number of fused-ring (bicyclic) bond motifs is 1. The fourth-order valence-corrected chi connectivity index (χ4v) is 1.77. The van der Waals surface area contributed by atoms with Crippen molar-refractivity contribution in [3.05, 3.63) is 35.1 Å². The van der Waals surface area contributed by atoms with Crippen LogP contribution < -0.4 is 0 Å². The molecule has 0 bridgehead atoms. The first-order valence-corrected chi connectivity index (χ1v) is 4.45. The quantitative estimate of drug-likeness (QED) is 0.627. The number of halogens is 1. The third-order valence-corrected chi connectivity index (χ3v) is 2.54. The highest BCUT2D eigenvalue weighted by Crippen LogP contribution is 2.26. The van der Waals surface area contributed by atoms with E-state index in [-0.39, 0.29) is 11.6 Å². The monoisotopic (exact) mass is 189 g/mol. The highest BCUT2D eigenvalue weighted by atomic mass is 19.1. The van der Waals surface area contributed by atoms with E-state index in [1.807, 2.05) is 6.07 Å². The van der Waals surface area contributed by atoms with E-state index in [0.717, 1.165) is 0 Å². The largest absolute Gasteiger partial charge is 0.293 e. The van der Waals surface area contributed by atoms with Gasteiger partial charge in [-0.15, -0.1) is 0 Å². The molecule has 1 atom stereocenters. The molecule has 0 saturated carbocycles. The highest BCUT2D eigenvalue weighted by Gasteiger charge is 2.28. The number of hydrogen-bond acceptors (Lipinski definition) is 2. The Balaban J connectivity index is 2.53. The van der Waals surface area contributed by atoms with Crippen molar-refractivity contribution >= 4 is 5.78 Å². The number of nitrogens with zero attached hydrogens (tertiary/aromatic N) is 1. The zero-order valence-corrected chi connectivity index (χ0v) is 7.46. The second-order valence-corrected chi connectivity index (χ2v) is 3.35. The van der Waals surface area contributed by atoms with Gasteiger partial charge in [0, 0.05) is 5.56 Å². The summed E-state index contributed by atoms with van der Waals surface area (Å²) in [7, 11) is 0. The lowest BCUT2D eigenvalue weighted by atomic mass is 9.83. The Morgan fingerprint density at radius 3 is 3.00 bits per heavy atom. The zero-order chi connectivity index (χ0) is 10.1. The van der Waals surface area contributed by atoms with Gasteiger partial charge in [-0.05, 0) is 24.5 Å². The lowest BCUT2D eigenvalue weighted by molar-refractivity contribution is 0.0933. The predicted octanol–water partition coefficient (Wildman–Crippen LogP) is 2.09. The van der Waals surface area contributed by atoms with Crippen LogP contribution in [0.15, 0.2) is 18.2 Å². The van der Waals surface area contributed by atoms with Crippen LogP contribution in [0.4, 0.5) is 4.39 Å². The van der Waals surface area contributed by atoms with Crippen molar-refractivity contribution in [1.82, 2.24) is 0 Å². The molecule has 0 fully saturated rings. The Bertz CT molecular complexity index is 433. The molecular weight excluding hydrogens is 181 g/mol. The number of rotatable bonds is 0. The van der Waals surface area contributed by atoms with Crippen molar-refractivity contribution in [2.75, 3.05) is 0 Å². The number of carbonyl (C=O) groups is 1. The van der Waals surface area contributed by atoms with Crippen molar-refractivity contribution in [3.63, 3.8) is 0 Å². The zero-order valence-electron chi connectivity index (χ0n) is 7.46. The molecular formula is C11H8FNO. The first-order chi connectivity index (χ1) is 6.74. The maximum absolute atomic E-state index is 13.2. The Labute approximate surface area is 81.0 Å². The molecule has 0 amide bonds. The van der Waals surface area contributed by atoms with Crippen molar-refractivity contribution in [3.8, 4) is 6.07 Å². The van der Waals surface area contributed by atoms with E-state index >= 15 is 0 Å². The van der Waals surface area contributed by atoms with Crippen molar-refractivity contribution in [2.24, 2.45) is 5.92 Å². The van der Waals surface area contributed by atoms with Crippen LogP contribution in [0, 0.1) is 23.1 Å². The van der Waals surface area contributed by atoms with E-state index in [2.05, 4.69) is 0 Å². The average molecular weight is 189 g/mol. The standard InChI is InChI=1S/C11H8FNO/c12-10-3-1-2-9-8(10)5-4-7(6-13)11(9)14/h1-3,7H,4-5H2. The van der Waals surface area contributed by atoms with Crippen LogP contribution in [0.5, 0.6) is 0 Å². The number of benzene rings is 1. The Hall–Kier alpha value is -1.69. The van der Waals surface area contributed by atoms with Gasteiger partial charge in [-0.3, -0.25) is 4.79 Å². The number of hydrogen-bond donors (Lipinski definition) is 0. The second-order valence-electron chi connectivity index (χ2n) is 3.35. The molecule has 3 heteroatoms. The van der Waals surface area contributed by atoms with Gasteiger partial charge in [0.1, 0.15) is 11.7 Å². The van der Waals surface area contributed by atoms with Crippen LogP contribution in [-0.4, -0.2) is 5.78 Å². The molecule has 1 unspecified atom stereocenters. The fraction of sp³-hybridized carbons (Fsp3) is 0.273. The Morgan fingerprint density at radius 1 is 1.50 bits per heavy atom. The van der Waals surface area contributed by atoms with Crippen LogP contribution in [0.25, 0.3) is 0 Å². The highest BCUT2D eigenvalue weighted by molar-refractivity contribution is 6.01. The van der Waals surface area contributed by atoms with Crippen molar-refractivity contribution in [2.45, 2.75) is 12.8 Å². The molecule has 2 rings (SSSR count). The molecule has 1 aliphatic rings. The van der Waals surface area contributed by atoms with Crippen LogP contribution in [0.3, 0.4) is 0 Å². The van der Waals surface area contributed by atoms with Gasteiger partial charge in [-0.1, -0.05) is 12.1 Å². The molecule has 0 aromatic heterocycles. The van der Waals surface area contributed by atoms with E-state index in [0.29, 0.717) is 24.0 Å². The molecule has 0 spiro atoms. The molecule has 14 heavy (non-hydrogen) atoms. The van der Waals surface area contributed by atoms with Crippen LogP contribution in [0.2, 0.25) is 0 Å². The summed E-state index contributed by atoms with van der Waals surface area (Å²) >= 11 is 0. The smallest absolute Gasteiger partial charge is 0.180 e. The van der Waals surface area contributed by atoms with Gasteiger partial charge in [0.15, 0.2) is 5.78 Å². The molecule has 0 heterocycles. The first-order valence-electron chi connectivity index (χ1n) is 4.45. The van der Waals surface area contributed by atoms with Gasteiger partial charge in [0.05, 0.1) is 6.07 Å². The third kappa shape index (κ3) is 1.20. The summed E-state index contributed by atoms with van der Waals surface area (Å²) in [5.41, 5.74) is 0.840. The molecule has 2 nitrogen and oxygen atoms in total. The maximum Gasteiger partial charge on any atom is 0.180 e. The molecule has 0 aliphatic heterocycles. The first kappa shape index (κ1) is 8.89. The molecule has 1 aromatic carbocycles. The normalized spacial score (nSPS) is 20.0. The minimum atomic E-state index is -0.593. The number of carbonyl (C=O) groups excluding carboxylic acids is 1. The summed E-state index contributed by atoms with van der Waals surface area (Å²) in [6, 6.07) is 6.38. The number of ketones is 1. The summed E-state index contributed by atoms with van der Waals surface area (Å²) in [5, 5.41) is 8.69. The topological polar surface area (TPSA) is 40.9 Å². The van der Waals surface area contributed by atoms with Gasteiger partial charge in [0.2, 0.25) is 0 Å². The summed E-state index contributed by atoms with van der Waals surface area (Å²) in [5.74, 6) is -1.18. The van der Waals surface area contributed by atoms with E-state index in [4.69, 9.17) is 5.26 Å².